The smallest absolute Gasteiger partial charge is 0.265 e. The van der Waals surface area contributed by atoms with Gasteiger partial charge in [-0.15, -0.1) is 11.3 Å². The topological polar surface area (TPSA) is 32.3 Å². The summed E-state index contributed by atoms with van der Waals surface area (Å²) in [6.45, 7) is 3.42. The van der Waals surface area contributed by atoms with E-state index >= 15 is 0 Å². The zero-order valence-electron chi connectivity index (χ0n) is 11.3. The van der Waals surface area contributed by atoms with E-state index < -0.39 is 0 Å². The van der Waals surface area contributed by atoms with E-state index in [1.165, 1.54) is 42.8 Å². The summed E-state index contributed by atoms with van der Waals surface area (Å²) in [5.41, 5.74) is 2.16. The van der Waals surface area contributed by atoms with Crippen molar-refractivity contribution in [2.75, 3.05) is 18.4 Å². The van der Waals surface area contributed by atoms with Gasteiger partial charge in [0.2, 0.25) is 0 Å². The van der Waals surface area contributed by atoms with Crippen molar-refractivity contribution in [3.05, 3.63) is 52.2 Å². The molecule has 4 heteroatoms. The number of carbonyl (C=O) groups is 1. The van der Waals surface area contributed by atoms with Gasteiger partial charge in [-0.3, -0.25) is 9.69 Å². The molecule has 1 aromatic heterocycles. The maximum Gasteiger partial charge on any atom is 0.265 e. The third-order valence-electron chi connectivity index (χ3n) is 3.56. The number of hydrogen-bond donors (Lipinski definition) is 1. The summed E-state index contributed by atoms with van der Waals surface area (Å²) >= 11 is 1.46. The summed E-state index contributed by atoms with van der Waals surface area (Å²) in [5.74, 6) is -0.0349. The minimum Gasteiger partial charge on any atom is -0.321 e. The van der Waals surface area contributed by atoms with Gasteiger partial charge in [0.05, 0.1) is 4.88 Å². The maximum atomic E-state index is 11.9. The fraction of sp³-hybridized carbons (Fsp3) is 0.312. The number of nitrogens with zero attached hydrogens (tertiary/aromatic N) is 1. The highest BCUT2D eigenvalue weighted by atomic mass is 32.1. The van der Waals surface area contributed by atoms with Crippen molar-refractivity contribution in [3.63, 3.8) is 0 Å². The molecule has 104 valence electrons. The van der Waals surface area contributed by atoms with Crippen molar-refractivity contribution in [3.8, 4) is 0 Å². The number of benzene rings is 1. The molecule has 1 aliphatic heterocycles. The third-order valence-corrected chi connectivity index (χ3v) is 4.43. The van der Waals surface area contributed by atoms with E-state index in [-0.39, 0.29) is 5.91 Å². The minimum atomic E-state index is -0.0349. The summed E-state index contributed by atoms with van der Waals surface area (Å²) in [7, 11) is 0. The highest BCUT2D eigenvalue weighted by molar-refractivity contribution is 7.12. The number of nitrogens with one attached hydrogen (secondary N) is 1. The Balaban J connectivity index is 1.59. The van der Waals surface area contributed by atoms with Gasteiger partial charge in [0.15, 0.2) is 0 Å². The second-order valence-electron chi connectivity index (χ2n) is 5.11. The molecule has 3 rings (SSSR count). The Bertz CT molecular complexity index is 557. The first kappa shape index (κ1) is 13.3. The van der Waals surface area contributed by atoms with Crippen molar-refractivity contribution in [1.82, 2.24) is 4.90 Å². The fourth-order valence-corrected chi connectivity index (χ4v) is 3.11. The van der Waals surface area contributed by atoms with Gasteiger partial charge in [0.25, 0.3) is 5.91 Å². The molecule has 1 amide bonds. The maximum absolute atomic E-state index is 11.9. The monoisotopic (exact) mass is 286 g/mol. The molecule has 0 saturated carbocycles. The lowest BCUT2D eigenvalue weighted by molar-refractivity contribution is 0.103. The zero-order valence-corrected chi connectivity index (χ0v) is 12.2. The van der Waals surface area contributed by atoms with Gasteiger partial charge in [-0.2, -0.15) is 0 Å². The average Bonchev–Trinajstić information content (AvgIpc) is 3.13. The lowest BCUT2D eigenvalue weighted by atomic mass is 10.2. The van der Waals surface area contributed by atoms with Gasteiger partial charge >= 0.3 is 0 Å². The molecule has 1 aliphatic rings. The van der Waals surface area contributed by atoms with Crippen molar-refractivity contribution in [1.29, 1.82) is 0 Å². The molecule has 0 spiro atoms. The summed E-state index contributed by atoms with van der Waals surface area (Å²) in [6.07, 6.45) is 2.63. The normalized spacial score (nSPS) is 15.4. The molecule has 0 atom stereocenters. The summed E-state index contributed by atoms with van der Waals surface area (Å²) in [6, 6.07) is 11.9. The van der Waals surface area contributed by atoms with E-state index in [1.54, 1.807) is 0 Å². The Labute approximate surface area is 123 Å². The van der Waals surface area contributed by atoms with Crippen molar-refractivity contribution in [2.24, 2.45) is 0 Å². The van der Waals surface area contributed by atoms with Gasteiger partial charge in [-0.05, 0) is 55.1 Å². The van der Waals surface area contributed by atoms with Crippen molar-refractivity contribution >= 4 is 22.9 Å². The number of anilines is 1. The molecule has 0 bridgehead atoms. The van der Waals surface area contributed by atoms with E-state index in [1.807, 2.05) is 29.6 Å². The summed E-state index contributed by atoms with van der Waals surface area (Å²) < 4.78 is 0. The molecule has 0 unspecified atom stereocenters. The Morgan fingerprint density at radius 3 is 2.55 bits per heavy atom. The second-order valence-corrected chi connectivity index (χ2v) is 6.06. The van der Waals surface area contributed by atoms with Gasteiger partial charge in [0, 0.05) is 12.2 Å². The molecular formula is C16H18N2OS. The molecule has 3 nitrogen and oxygen atoms in total. The first-order valence-electron chi connectivity index (χ1n) is 6.97. The summed E-state index contributed by atoms with van der Waals surface area (Å²) in [5, 5.41) is 4.83. The number of hydrogen-bond acceptors (Lipinski definition) is 3. The number of rotatable bonds is 4. The highest BCUT2D eigenvalue weighted by Gasteiger charge is 2.11. The van der Waals surface area contributed by atoms with Crippen LogP contribution >= 0.6 is 11.3 Å². The predicted molar refractivity (Wildman–Crippen MR) is 83.2 cm³/mol. The van der Waals surface area contributed by atoms with Crippen LogP contribution in [0, 0.1) is 0 Å². The number of amides is 1. The van der Waals surface area contributed by atoms with Crippen LogP contribution in [0.25, 0.3) is 0 Å². The molecule has 0 aliphatic carbocycles. The predicted octanol–water partition coefficient (Wildman–Crippen LogP) is 3.60. The first-order valence-corrected chi connectivity index (χ1v) is 7.85. The van der Waals surface area contributed by atoms with Gasteiger partial charge in [0.1, 0.15) is 0 Å². The fourth-order valence-electron chi connectivity index (χ4n) is 2.49. The van der Waals surface area contributed by atoms with Crippen LogP contribution in [0.5, 0.6) is 0 Å². The van der Waals surface area contributed by atoms with Crippen LogP contribution in [0.3, 0.4) is 0 Å². The van der Waals surface area contributed by atoms with Crippen LogP contribution < -0.4 is 5.32 Å². The number of thiophene rings is 1. The standard InChI is InChI=1S/C16H18N2OS/c19-16(15-4-3-11-20-15)17-14-7-5-13(6-8-14)12-18-9-1-2-10-18/h3-8,11H,1-2,9-10,12H2,(H,17,19). The lowest BCUT2D eigenvalue weighted by Crippen LogP contribution is -2.18. The number of carbonyl (C=O) groups excluding carboxylic acids is 1. The Kier molecular flexibility index (Phi) is 4.14. The van der Waals surface area contributed by atoms with Gasteiger partial charge < -0.3 is 5.32 Å². The largest absolute Gasteiger partial charge is 0.321 e. The third kappa shape index (κ3) is 3.26. The van der Waals surface area contributed by atoms with E-state index in [9.17, 15) is 4.79 Å². The zero-order chi connectivity index (χ0) is 13.8. The second kappa shape index (κ2) is 6.20. The van der Waals surface area contributed by atoms with E-state index in [0.717, 1.165) is 17.1 Å². The van der Waals surface area contributed by atoms with Crippen molar-refractivity contribution < 1.29 is 4.79 Å². The van der Waals surface area contributed by atoms with Crippen molar-refractivity contribution in [2.45, 2.75) is 19.4 Å². The van der Waals surface area contributed by atoms with Gasteiger partial charge in [-0.25, -0.2) is 0 Å². The molecule has 2 heterocycles. The van der Waals surface area contributed by atoms with Crippen LogP contribution in [0.15, 0.2) is 41.8 Å². The van der Waals surface area contributed by atoms with E-state index in [0.29, 0.717) is 0 Å². The first-order chi connectivity index (χ1) is 9.81. The Hall–Kier alpha value is -1.65. The average molecular weight is 286 g/mol. The molecule has 0 radical (unpaired) electrons. The quantitative estimate of drug-likeness (QED) is 0.931. The highest BCUT2D eigenvalue weighted by Crippen LogP contribution is 2.16. The van der Waals surface area contributed by atoms with E-state index in [2.05, 4.69) is 22.3 Å². The molecular weight excluding hydrogens is 268 g/mol. The van der Waals surface area contributed by atoms with Gasteiger partial charge in [-0.1, -0.05) is 18.2 Å². The van der Waals surface area contributed by atoms with E-state index in [4.69, 9.17) is 0 Å². The lowest BCUT2D eigenvalue weighted by Gasteiger charge is -2.14. The Morgan fingerprint density at radius 2 is 1.90 bits per heavy atom. The molecule has 20 heavy (non-hydrogen) atoms. The molecule has 2 aromatic rings. The molecule has 1 aromatic carbocycles. The summed E-state index contributed by atoms with van der Waals surface area (Å²) in [4.78, 5) is 15.1. The Morgan fingerprint density at radius 1 is 1.15 bits per heavy atom. The minimum absolute atomic E-state index is 0.0349. The number of likely N-dealkylation sites (tertiary alicyclic amines) is 1. The SMILES string of the molecule is O=C(Nc1ccc(CN2CCCC2)cc1)c1cccs1. The van der Waals surface area contributed by atoms with Crippen LogP contribution in [-0.4, -0.2) is 23.9 Å². The molecule has 1 saturated heterocycles. The van der Waals surface area contributed by atoms with Crippen LogP contribution in [0.4, 0.5) is 5.69 Å². The van der Waals surface area contributed by atoms with Crippen LogP contribution in [-0.2, 0) is 6.54 Å². The van der Waals surface area contributed by atoms with Crippen LogP contribution in [0.1, 0.15) is 28.1 Å². The van der Waals surface area contributed by atoms with Crippen LogP contribution in [0.2, 0.25) is 0 Å². The molecule has 1 N–H and O–H groups in total. The molecule has 1 fully saturated rings.